The minimum Gasteiger partial charge on any atom is -0.495 e. The van der Waals surface area contributed by atoms with Gasteiger partial charge in [0.2, 0.25) is 0 Å². The summed E-state index contributed by atoms with van der Waals surface area (Å²) in [6.07, 6.45) is 13.8. The summed E-state index contributed by atoms with van der Waals surface area (Å²) in [4.78, 5) is 45.9. The predicted octanol–water partition coefficient (Wildman–Crippen LogP) is 17.0. The van der Waals surface area contributed by atoms with E-state index in [0.29, 0.717) is 16.4 Å². The van der Waals surface area contributed by atoms with Gasteiger partial charge in [0.15, 0.2) is 0 Å². The third-order valence-corrected chi connectivity index (χ3v) is 13.9. The van der Waals surface area contributed by atoms with E-state index in [-0.39, 0.29) is 5.69 Å². The first-order valence-electron chi connectivity index (χ1n) is 24.8. The van der Waals surface area contributed by atoms with Crippen LogP contribution in [0.5, 0.6) is 5.75 Å². The maximum atomic E-state index is 10.2. The van der Waals surface area contributed by atoms with E-state index in [1.807, 2.05) is 142 Å². The summed E-state index contributed by atoms with van der Waals surface area (Å²) in [6, 6.07) is 29.8. The van der Waals surface area contributed by atoms with Crippen LogP contribution in [0, 0.1) is 125 Å². The van der Waals surface area contributed by atoms with E-state index in [2.05, 4.69) is 123 Å². The van der Waals surface area contributed by atoms with E-state index >= 15 is 0 Å². The van der Waals surface area contributed by atoms with Crippen LogP contribution in [0.25, 0.3) is 0 Å². The van der Waals surface area contributed by atoms with Gasteiger partial charge in [-0.2, -0.15) is 5.26 Å². The largest absolute Gasteiger partial charge is 0.495 e. The van der Waals surface area contributed by atoms with E-state index in [0.717, 1.165) is 70.8 Å². The predicted molar refractivity (Wildman–Crippen MR) is 333 cm³/mol. The van der Waals surface area contributed by atoms with Crippen LogP contribution in [-0.4, -0.2) is 56.9 Å². The van der Waals surface area contributed by atoms with Crippen molar-refractivity contribution in [2.24, 2.45) is 0 Å². The summed E-state index contributed by atoms with van der Waals surface area (Å²) in [5.41, 5.74) is 16.6. The van der Waals surface area contributed by atoms with Gasteiger partial charge in [-0.15, -0.1) is 0 Å². The highest BCUT2D eigenvalue weighted by atomic mass is 79.9. The molecule has 9 aromatic rings. The number of rotatable bonds is 2. The highest BCUT2D eigenvalue weighted by Crippen LogP contribution is 2.23. The van der Waals surface area contributed by atoms with E-state index in [1.165, 1.54) is 40.1 Å². The molecule has 0 saturated carbocycles. The molecule has 0 fully saturated rings. The number of hydrogen-bond donors (Lipinski definition) is 0. The van der Waals surface area contributed by atoms with Crippen LogP contribution < -0.4 is 4.74 Å². The summed E-state index contributed by atoms with van der Waals surface area (Å²) in [5.74, 6) is 0.845. The molecule has 0 saturated heterocycles. The molecule has 0 amide bonds. The maximum Gasteiger partial charge on any atom is 0.290 e. The Morgan fingerprint density at radius 3 is 1.27 bits per heavy atom. The van der Waals surface area contributed by atoms with Gasteiger partial charge in [-0.1, -0.05) is 41.4 Å². The molecular formula is C62H71Br2Cl2N11O3. The third kappa shape index (κ3) is 27.9. The Labute approximate surface area is 500 Å². The number of hydrogen-bond acceptors (Lipinski definition) is 13. The minimum absolute atomic E-state index is 0.0718. The third-order valence-electron chi connectivity index (χ3n) is 11.2. The Bertz CT molecular complexity index is 3070. The summed E-state index contributed by atoms with van der Waals surface area (Å²) in [7, 11) is 1.64. The normalized spacial score (nSPS) is 9.34. The Morgan fingerprint density at radius 1 is 0.500 bits per heavy atom. The van der Waals surface area contributed by atoms with Crippen LogP contribution in [0.15, 0.2) is 150 Å². The van der Waals surface area contributed by atoms with Crippen molar-refractivity contribution >= 4 is 60.7 Å². The average molecular weight is 1250 g/mol. The number of methoxy groups -OCH3 is 1. The molecule has 0 unspecified atom stereocenters. The molecule has 0 aromatic carbocycles. The number of halogens is 4. The number of ether oxygens (including phenoxy) is 1. The quantitative estimate of drug-likeness (QED) is 0.0903. The monoisotopic (exact) mass is 1250 g/mol. The van der Waals surface area contributed by atoms with Gasteiger partial charge in [-0.3, -0.25) is 50.0 Å². The summed E-state index contributed by atoms with van der Waals surface area (Å²) < 4.78 is 7.21. The van der Waals surface area contributed by atoms with Gasteiger partial charge in [0, 0.05) is 81.7 Å². The Hall–Kier alpha value is -7.42. The lowest BCUT2D eigenvalue weighted by Gasteiger charge is -2.08. The van der Waals surface area contributed by atoms with E-state index < -0.39 is 4.92 Å². The molecule has 14 nitrogen and oxygen atoms in total. The van der Waals surface area contributed by atoms with Crippen LogP contribution in [0.1, 0.15) is 90.2 Å². The topological polar surface area (TPSA) is 192 Å². The van der Waals surface area contributed by atoms with Gasteiger partial charge in [-0.25, -0.2) is 4.98 Å². The lowest BCUT2D eigenvalue weighted by atomic mass is 10.1. The Morgan fingerprint density at radius 2 is 0.950 bits per heavy atom. The number of nitrogens with zero attached hydrogens (tertiary/aromatic N) is 11. The molecule has 0 aliphatic heterocycles. The van der Waals surface area contributed by atoms with Crippen LogP contribution in [0.2, 0.25) is 10.2 Å². The van der Waals surface area contributed by atoms with Crippen molar-refractivity contribution in [3.05, 3.63) is 260 Å². The highest BCUT2D eigenvalue weighted by molar-refractivity contribution is 9.10. The van der Waals surface area contributed by atoms with Gasteiger partial charge < -0.3 is 4.74 Å². The molecule has 9 heterocycles. The molecule has 0 bridgehead atoms. The molecule has 9 aromatic heterocycles. The second kappa shape index (κ2) is 39.0. The van der Waals surface area contributed by atoms with Crippen molar-refractivity contribution in [2.75, 3.05) is 7.11 Å². The molecule has 80 heavy (non-hydrogen) atoms. The fourth-order valence-corrected chi connectivity index (χ4v) is 6.80. The summed E-state index contributed by atoms with van der Waals surface area (Å²) in [6.45, 7) is 29.6. The lowest BCUT2D eigenvalue weighted by molar-refractivity contribution is -0.385. The van der Waals surface area contributed by atoms with Crippen LogP contribution in [0.4, 0.5) is 5.69 Å². The van der Waals surface area contributed by atoms with E-state index in [9.17, 15) is 10.1 Å². The first kappa shape index (κ1) is 70.6. The van der Waals surface area contributed by atoms with E-state index in [4.69, 9.17) is 33.2 Å². The highest BCUT2D eigenvalue weighted by Gasteiger charge is 2.08. The van der Waals surface area contributed by atoms with Gasteiger partial charge in [0.25, 0.3) is 5.69 Å². The zero-order valence-corrected chi connectivity index (χ0v) is 53.1. The molecule has 0 aliphatic carbocycles. The smallest absolute Gasteiger partial charge is 0.290 e. The SMILES string of the molecule is COc1cccnc1C.Cc1cccnc1C.Cc1cccnc1C.Cc1cccnc1Cl.Cc1cnc(C)c(Br)c1.Cc1nc(C)c(Br)c(C)c1C.Cc1ncccc1C#N.Cc1ncccc1Cl.Cc1ncccc1[N+](=O)[O-]. The van der Waals surface area contributed by atoms with Crippen LogP contribution in [0.3, 0.4) is 0 Å². The standard InChI is InChI=1S/C9H12BrN.C7H8BrN.C7H6N2.C7H9NO.2C7H9N.2C6H6ClN.C6H6N2O2/c1-5-6(2)9(10)8(4)11-7(5)3;1-5-3-7(8)6(2)9-4-5;1-6-7(5-8)3-2-4-9-6;1-6-7(9-2)4-3-5-8-6;2*1-6-4-3-5-8-7(6)2;1-5-6(7)3-2-4-8-5;1-5-3-2-4-8-6(5)7;1-5-6(8(9)10)3-2-4-7-5/h1-4H3;3-4H,1-2H3;2-4H,1H3;3-5H,1-2H3;2*3-5H,1-2H3;2*2-4H,1H3;2-4H,1H3. The number of aryl methyl sites for hydroxylation is 13. The minimum atomic E-state index is -0.442. The average Bonchev–Trinajstić information content (AvgIpc) is 3.44. The summed E-state index contributed by atoms with van der Waals surface area (Å²) >= 11 is 18.1. The summed E-state index contributed by atoms with van der Waals surface area (Å²) in [5, 5.41) is 19.9. The fourth-order valence-electron chi connectivity index (χ4n) is 5.71. The number of aromatic nitrogens is 9. The van der Waals surface area contributed by atoms with Crippen LogP contribution >= 0.6 is 55.1 Å². The van der Waals surface area contributed by atoms with Crippen molar-refractivity contribution in [3.8, 4) is 11.8 Å². The molecular weight excluding hydrogens is 1180 g/mol. The van der Waals surface area contributed by atoms with Crippen molar-refractivity contribution in [3.63, 3.8) is 0 Å². The number of nitro groups is 1. The number of pyridine rings is 9. The van der Waals surface area contributed by atoms with Crippen molar-refractivity contribution in [1.82, 2.24) is 44.9 Å². The van der Waals surface area contributed by atoms with Crippen molar-refractivity contribution in [1.29, 1.82) is 5.26 Å². The molecule has 0 radical (unpaired) electrons. The molecule has 0 aliphatic rings. The lowest BCUT2D eigenvalue weighted by Crippen LogP contribution is -1.95. The maximum absolute atomic E-state index is 10.2. The van der Waals surface area contributed by atoms with Crippen molar-refractivity contribution < 1.29 is 9.66 Å². The first-order chi connectivity index (χ1) is 37.9. The molecule has 0 N–H and O–H groups in total. The number of nitriles is 1. The Balaban J connectivity index is 0.000000451. The molecule has 0 atom stereocenters. The second-order valence-corrected chi connectivity index (χ2v) is 19.7. The fraction of sp³-hybridized carbons (Fsp3) is 0.258. The van der Waals surface area contributed by atoms with Gasteiger partial charge in [0.1, 0.15) is 22.7 Å². The molecule has 420 valence electrons. The zero-order valence-electron chi connectivity index (χ0n) is 48.4. The van der Waals surface area contributed by atoms with Gasteiger partial charge >= 0.3 is 0 Å². The zero-order chi connectivity index (χ0) is 60.3. The van der Waals surface area contributed by atoms with Gasteiger partial charge in [0.05, 0.1) is 51.1 Å². The van der Waals surface area contributed by atoms with E-state index in [1.54, 1.807) is 57.0 Å². The molecule has 0 spiro atoms. The van der Waals surface area contributed by atoms with Gasteiger partial charge in [-0.05, 0) is 236 Å². The molecule has 18 heteroatoms. The second-order valence-electron chi connectivity index (χ2n) is 17.3. The van der Waals surface area contributed by atoms with Crippen molar-refractivity contribution in [2.45, 2.75) is 104 Å². The first-order valence-corrected chi connectivity index (χ1v) is 27.1. The van der Waals surface area contributed by atoms with Crippen LogP contribution in [-0.2, 0) is 0 Å². The Kier molecular flexibility index (Phi) is 34.4. The molecule has 9 rings (SSSR count).